The first-order valence-electron chi connectivity index (χ1n) is 12.0. The van der Waals surface area contributed by atoms with Crippen molar-refractivity contribution in [3.8, 4) is 6.01 Å². The first kappa shape index (κ1) is 27.3. The minimum Gasteiger partial charge on any atom is -0.463 e. The fraction of sp³-hybridized carbons (Fsp3) is 0.565. The summed E-state index contributed by atoms with van der Waals surface area (Å²) < 4.78 is 59.1. The minimum absolute atomic E-state index is 0.00651. The summed E-state index contributed by atoms with van der Waals surface area (Å²) in [5, 5.41) is 2.14. The molecule has 1 aliphatic carbocycles. The largest absolute Gasteiger partial charge is 0.463 e. The molecule has 5 N–H and O–H groups in total. The zero-order valence-corrected chi connectivity index (χ0v) is 20.8. The zero-order chi connectivity index (χ0) is 27.8. The number of ether oxygens (including phenoxy) is 1. The Morgan fingerprint density at radius 1 is 1.21 bits per heavy atom. The van der Waals surface area contributed by atoms with Crippen LogP contribution in [0.3, 0.4) is 0 Å². The topological polar surface area (TPSA) is 162 Å². The van der Waals surface area contributed by atoms with Gasteiger partial charge in [0, 0.05) is 38.0 Å². The number of hydrogen-bond acceptors (Lipinski definition) is 9. The van der Waals surface area contributed by atoms with Crippen molar-refractivity contribution < 1.29 is 31.9 Å². The maximum absolute atomic E-state index is 13.6. The van der Waals surface area contributed by atoms with E-state index in [9.17, 15) is 27.2 Å². The molecule has 2 fully saturated rings. The SMILES string of the molecule is C[C@H](NC(=O)c1nc(OCC2CC2(F)F)nc(N2CCC(c3ccc(N)c(C(N)=O)n3)CC2)n1)C(C)(F)F. The summed E-state index contributed by atoms with van der Waals surface area (Å²) in [5.74, 6) is -9.20. The van der Waals surface area contributed by atoms with Crippen molar-refractivity contribution in [1.82, 2.24) is 25.3 Å². The molecule has 2 amide bonds. The Hall–Kier alpha value is -3.78. The van der Waals surface area contributed by atoms with E-state index in [2.05, 4.69) is 25.3 Å². The standard InChI is InChI=1S/C23H28F4N8O3/c1-11(22(2,24)25)30-19(37)18-32-20(34-21(33-18)38-10-13-9-23(13,26)27)35-7-5-12(6-8-35)15-4-3-14(28)16(31-15)17(29)36/h3-4,11-13H,5-10,28H2,1-2H3,(H2,29,36)(H,30,37)/t11-,13?/m0/s1. The van der Waals surface area contributed by atoms with Crippen LogP contribution in [0, 0.1) is 5.92 Å². The lowest BCUT2D eigenvalue weighted by molar-refractivity contribution is -0.0109. The summed E-state index contributed by atoms with van der Waals surface area (Å²) in [6, 6.07) is 1.42. The Kier molecular flexibility index (Phi) is 7.30. The highest BCUT2D eigenvalue weighted by atomic mass is 19.3. The lowest BCUT2D eigenvalue weighted by atomic mass is 9.93. The highest BCUT2D eigenvalue weighted by Gasteiger charge is 2.57. The number of nitrogen functional groups attached to an aromatic ring is 1. The van der Waals surface area contributed by atoms with Crippen LogP contribution >= 0.6 is 0 Å². The molecule has 2 atom stereocenters. The minimum atomic E-state index is -3.20. The number of carbonyl (C=O) groups is 2. The number of rotatable bonds is 9. The third-order valence-electron chi connectivity index (χ3n) is 6.66. The zero-order valence-electron chi connectivity index (χ0n) is 20.8. The number of anilines is 2. The Balaban J connectivity index is 1.51. The van der Waals surface area contributed by atoms with Crippen LogP contribution in [0.2, 0.25) is 0 Å². The molecule has 1 aliphatic heterocycles. The molecule has 1 saturated carbocycles. The molecule has 0 aromatic carbocycles. The smallest absolute Gasteiger partial charge is 0.321 e. The average molecular weight is 541 g/mol. The molecule has 0 bridgehead atoms. The molecule has 0 spiro atoms. The molecule has 3 heterocycles. The van der Waals surface area contributed by atoms with Crippen LogP contribution in [0.25, 0.3) is 0 Å². The molecule has 1 unspecified atom stereocenters. The van der Waals surface area contributed by atoms with Gasteiger partial charge in [-0.15, -0.1) is 0 Å². The number of amides is 2. The molecular formula is C23H28F4N8O3. The monoisotopic (exact) mass is 540 g/mol. The average Bonchev–Trinajstić information content (AvgIpc) is 3.48. The van der Waals surface area contributed by atoms with Crippen molar-refractivity contribution in [3.05, 3.63) is 29.3 Å². The number of piperidine rings is 1. The second-order valence-corrected chi connectivity index (χ2v) is 9.67. The van der Waals surface area contributed by atoms with Crippen molar-refractivity contribution in [3.63, 3.8) is 0 Å². The fourth-order valence-electron chi connectivity index (χ4n) is 3.95. The van der Waals surface area contributed by atoms with Crippen LogP contribution in [-0.4, -0.2) is 69.3 Å². The molecule has 38 heavy (non-hydrogen) atoms. The van der Waals surface area contributed by atoms with Gasteiger partial charge in [-0.25, -0.2) is 22.5 Å². The van der Waals surface area contributed by atoms with E-state index in [-0.39, 0.29) is 42.3 Å². The quantitative estimate of drug-likeness (QED) is 0.405. The van der Waals surface area contributed by atoms with Gasteiger partial charge < -0.3 is 26.4 Å². The predicted molar refractivity (Wildman–Crippen MR) is 127 cm³/mol. The molecule has 2 aromatic heterocycles. The van der Waals surface area contributed by atoms with Gasteiger partial charge >= 0.3 is 6.01 Å². The molecule has 1 saturated heterocycles. The summed E-state index contributed by atoms with van der Waals surface area (Å²) in [7, 11) is 0. The Bertz CT molecular complexity index is 1220. The Morgan fingerprint density at radius 2 is 1.87 bits per heavy atom. The van der Waals surface area contributed by atoms with Crippen LogP contribution in [0.4, 0.5) is 29.2 Å². The maximum Gasteiger partial charge on any atom is 0.321 e. The van der Waals surface area contributed by atoms with E-state index in [1.54, 1.807) is 17.0 Å². The third-order valence-corrected chi connectivity index (χ3v) is 6.66. The fourth-order valence-corrected chi connectivity index (χ4v) is 3.95. The number of nitrogens with zero attached hydrogens (tertiary/aromatic N) is 5. The van der Waals surface area contributed by atoms with Gasteiger partial charge in [-0.3, -0.25) is 9.59 Å². The first-order chi connectivity index (χ1) is 17.7. The van der Waals surface area contributed by atoms with E-state index in [1.165, 1.54) is 0 Å². The van der Waals surface area contributed by atoms with Crippen molar-refractivity contribution in [2.24, 2.45) is 11.7 Å². The molecule has 11 nitrogen and oxygen atoms in total. The van der Waals surface area contributed by atoms with E-state index in [0.29, 0.717) is 38.5 Å². The third kappa shape index (κ3) is 6.19. The van der Waals surface area contributed by atoms with E-state index < -0.39 is 41.4 Å². The van der Waals surface area contributed by atoms with E-state index in [1.807, 2.05) is 0 Å². The highest BCUT2D eigenvalue weighted by molar-refractivity contribution is 5.95. The van der Waals surface area contributed by atoms with Crippen LogP contribution < -0.4 is 26.4 Å². The van der Waals surface area contributed by atoms with Gasteiger partial charge in [0.15, 0.2) is 5.69 Å². The first-order valence-corrected chi connectivity index (χ1v) is 12.0. The van der Waals surface area contributed by atoms with Crippen molar-refractivity contribution in [1.29, 1.82) is 0 Å². The molecule has 15 heteroatoms. The van der Waals surface area contributed by atoms with Gasteiger partial charge in [-0.2, -0.15) is 15.0 Å². The number of hydrogen-bond donors (Lipinski definition) is 3. The number of nitrogens with two attached hydrogens (primary N) is 2. The number of primary amides is 1. The maximum atomic E-state index is 13.6. The summed E-state index contributed by atoms with van der Waals surface area (Å²) in [5.41, 5.74) is 11.9. The van der Waals surface area contributed by atoms with Crippen LogP contribution in [0.5, 0.6) is 6.01 Å². The second-order valence-electron chi connectivity index (χ2n) is 9.67. The molecule has 2 aromatic rings. The van der Waals surface area contributed by atoms with E-state index >= 15 is 0 Å². The molecule has 4 rings (SSSR count). The number of carbonyl (C=O) groups excluding carboxylic acids is 2. The van der Waals surface area contributed by atoms with Crippen molar-refractivity contribution in [2.45, 2.75) is 56.9 Å². The molecule has 2 aliphatic rings. The van der Waals surface area contributed by atoms with Crippen molar-refractivity contribution in [2.75, 3.05) is 30.3 Å². The van der Waals surface area contributed by atoms with Gasteiger partial charge in [-0.05, 0) is 31.9 Å². The van der Waals surface area contributed by atoms with Gasteiger partial charge in [0.05, 0.1) is 17.6 Å². The van der Waals surface area contributed by atoms with E-state index in [0.717, 1.165) is 6.92 Å². The van der Waals surface area contributed by atoms with Gasteiger partial charge in [0.2, 0.25) is 11.8 Å². The predicted octanol–water partition coefficient (Wildman–Crippen LogP) is 2.14. The summed E-state index contributed by atoms with van der Waals surface area (Å²) in [6.07, 6.45) is 0.795. The van der Waals surface area contributed by atoms with Gasteiger partial charge in [0.1, 0.15) is 6.61 Å². The molecule has 0 radical (unpaired) electrons. The Labute approximate surface area is 215 Å². The summed E-state index contributed by atoms with van der Waals surface area (Å²) in [4.78, 5) is 42.4. The van der Waals surface area contributed by atoms with E-state index in [4.69, 9.17) is 16.2 Å². The number of pyridine rings is 1. The molecular weight excluding hydrogens is 512 g/mol. The van der Waals surface area contributed by atoms with Crippen molar-refractivity contribution >= 4 is 23.5 Å². The lowest BCUT2D eigenvalue weighted by Crippen LogP contribution is -2.44. The molecule has 206 valence electrons. The normalized spacial score (nSPS) is 20.1. The van der Waals surface area contributed by atoms with Crippen LogP contribution in [0.15, 0.2) is 12.1 Å². The number of aromatic nitrogens is 4. The van der Waals surface area contributed by atoms with Crippen LogP contribution in [-0.2, 0) is 0 Å². The number of halogens is 4. The van der Waals surface area contributed by atoms with Gasteiger partial charge in [-0.1, -0.05) is 0 Å². The summed E-state index contributed by atoms with van der Waals surface area (Å²) >= 11 is 0. The summed E-state index contributed by atoms with van der Waals surface area (Å²) in [6.45, 7) is 2.22. The Morgan fingerprint density at radius 3 is 2.45 bits per heavy atom. The van der Waals surface area contributed by atoms with Gasteiger partial charge in [0.25, 0.3) is 23.7 Å². The number of alkyl halides is 4. The number of nitrogens with one attached hydrogen (secondary N) is 1. The lowest BCUT2D eigenvalue weighted by Gasteiger charge is -2.32. The second kappa shape index (κ2) is 10.2. The van der Waals surface area contributed by atoms with Crippen LogP contribution in [0.1, 0.15) is 65.8 Å². The highest BCUT2D eigenvalue weighted by Crippen LogP contribution is 2.48.